The molecule has 3 nitrogen and oxygen atoms in total. The van der Waals surface area contributed by atoms with Crippen LogP contribution in [0, 0.1) is 11.8 Å². The highest BCUT2D eigenvalue weighted by atomic mass is 16.5. The van der Waals surface area contributed by atoms with E-state index in [1.807, 2.05) is 0 Å². The van der Waals surface area contributed by atoms with Crippen LogP contribution in [0.1, 0.15) is 12.8 Å². The fourth-order valence-corrected chi connectivity index (χ4v) is 2.36. The highest BCUT2D eigenvalue weighted by Gasteiger charge is 2.30. The summed E-state index contributed by atoms with van der Waals surface area (Å²) < 4.78 is 5.23. The van der Waals surface area contributed by atoms with Crippen molar-refractivity contribution < 1.29 is 4.74 Å². The third-order valence-electron chi connectivity index (χ3n) is 3.41. The maximum Gasteiger partial charge on any atom is 0.0519 e. The van der Waals surface area contributed by atoms with Crippen LogP contribution in [0.2, 0.25) is 0 Å². The second kappa shape index (κ2) is 4.40. The molecule has 0 aliphatic carbocycles. The van der Waals surface area contributed by atoms with Crippen LogP contribution in [0.4, 0.5) is 0 Å². The Bertz CT molecular complexity index is 151. The number of nitrogens with two attached hydrogens (primary N) is 1. The summed E-state index contributed by atoms with van der Waals surface area (Å²) in [6.45, 7) is 6.41. The molecule has 0 aromatic rings. The molecule has 0 spiro atoms. The smallest absolute Gasteiger partial charge is 0.0519 e. The third kappa shape index (κ3) is 2.22. The topological polar surface area (TPSA) is 38.5 Å². The van der Waals surface area contributed by atoms with Gasteiger partial charge >= 0.3 is 0 Å². The van der Waals surface area contributed by atoms with Crippen molar-refractivity contribution in [1.29, 1.82) is 0 Å². The summed E-state index contributed by atoms with van der Waals surface area (Å²) in [5, 5.41) is 0. The Morgan fingerprint density at radius 2 is 1.85 bits per heavy atom. The van der Waals surface area contributed by atoms with E-state index in [1.54, 1.807) is 0 Å². The van der Waals surface area contributed by atoms with E-state index in [2.05, 4.69) is 4.90 Å². The maximum absolute atomic E-state index is 5.53. The van der Waals surface area contributed by atoms with Crippen LogP contribution in [-0.4, -0.2) is 44.3 Å². The first-order chi connectivity index (χ1) is 6.40. The molecule has 3 heteroatoms. The number of piperidine rings is 1. The van der Waals surface area contributed by atoms with Gasteiger partial charge in [-0.25, -0.2) is 0 Å². The van der Waals surface area contributed by atoms with Crippen molar-refractivity contribution >= 4 is 0 Å². The fourth-order valence-electron chi connectivity index (χ4n) is 2.36. The average molecular weight is 184 g/mol. The van der Waals surface area contributed by atoms with Gasteiger partial charge in [-0.1, -0.05) is 0 Å². The first kappa shape index (κ1) is 9.44. The summed E-state index contributed by atoms with van der Waals surface area (Å²) in [6, 6.07) is 0. The van der Waals surface area contributed by atoms with Gasteiger partial charge in [0.05, 0.1) is 13.2 Å². The Balaban J connectivity index is 1.69. The second-order valence-electron chi connectivity index (χ2n) is 4.27. The van der Waals surface area contributed by atoms with Crippen molar-refractivity contribution in [3.63, 3.8) is 0 Å². The molecule has 0 amide bonds. The Morgan fingerprint density at radius 1 is 1.15 bits per heavy atom. The van der Waals surface area contributed by atoms with Crippen LogP contribution >= 0.6 is 0 Å². The molecular weight excluding hydrogens is 164 g/mol. The summed E-state index contributed by atoms with van der Waals surface area (Å²) in [7, 11) is 0. The van der Waals surface area contributed by atoms with E-state index < -0.39 is 0 Å². The van der Waals surface area contributed by atoms with Crippen molar-refractivity contribution in [2.24, 2.45) is 17.6 Å². The van der Waals surface area contributed by atoms with Crippen molar-refractivity contribution in [2.75, 3.05) is 39.4 Å². The van der Waals surface area contributed by atoms with Gasteiger partial charge in [0.15, 0.2) is 0 Å². The number of nitrogens with zero attached hydrogens (tertiary/aromatic N) is 1. The van der Waals surface area contributed by atoms with E-state index in [-0.39, 0.29) is 0 Å². The Morgan fingerprint density at radius 3 is 2.31 bits per heavy atom. The van der Waals surface area contributed by atoms with Crippen molar-refractivity contribution in [1.82, 2.24) is 4.90 Å². The molecule has 0 saturated carbocycles. The molecule has 76 valence electrons. The molecule has 2 fully saturated rings. The first-order valence-corrected chi connectivity index (χ1v) is 5.40. The van der Waals surface area contributed by atoms with E-state index in [0.29, 0.717) is 0 Å². The summed E-state index contributed by atoms with van der Waals surface area (Å²) in [5.41, 5.74) is 5.53. The van der Waals surface area contributed by atoms with Crippen molar-refractivity contribution in [3.8, 4) is 0 Å². The zero-order chi connectivity index (χ0) is 9.10. The average Bonchev–Trinajstić information content (AvgIpc) is 2.06. The summed E-state index contributed by atoms with van der Waals surface area (Å²) >= 11 is 0. The number of hydrogen-bond acceptors (Lipinski definition) is 3. The minimum atomic E-state index is 0.803. The summed E-state index contributed by atoms with van der Waals surface area (Å²) in [6.07, 6.45) is 2.71. The number of likely N-dealkylation sites (tertiary alicyclic amines) is 1. The SMILES string of the molecule is NCCN1CCC(C2COC2)CC1. The third-order valence-corrected chi connectivity index (χ3v) is 3.41. The monoisotopic (exact) mass is 184 g/mol. The molecule has 2 heterocycles. The van der Waals surface area contributed by atoms with Crippen molar-refractivity contribution in [3.05, 3.63) is 0 Å². The molecular formula is C10H20N2O. The highest BCUT2D eigenvalue weighted by molar-refractivity contribution is 4.80. The molecule has 0 radical (unpaired) electrons. The number of hydrogen-bond donors (Lipinski definition) is 1. The fraction of sp³-hybridized carbons (Fsp3) is 1.00. The van der Waals surface area contributed by atoms with Gasteiger partial charge in [0.2, 0.25) is 0 Å². The molecule has 0 bridgehead atoms. The lowest BCUT2D eigenvalue weighted by atomic mass is 9.83. The van der Waals surface area contributed by atoms with Crippen LogP contribution in [0.25, 0.3) is 0 Å². The van der Waals surface area contributed by atoms with E-state index in [4.69, 9.17) is 10.5 Å². The van der Waals surface area contributed by atoms with Gasteiger partial charge < -0.3 is 15.4 Å². The minimum Gasteiger partial charge on any atom is -0.381 e. The number of ether oxygens (including phenoxy) is 1. The van der Waals surface area contributed by atoms with Crippen molar-refractivity contribution in [2.45, 2.75) is 12.8 Å². The van der Waals surface area contributed by atoms with Gasteiger partial charge in [-0.15, -0.1) is 0 Å². The molecule has 2 N–H and O–H groups in total. The van der Waals surface area contributed by atoms with Crippen LogP contribution in [0.15, 0.2) is 0 Å². The number of rotatable bonds is 3. The van der Waals surface area contributed by atoms with Crippen LogP contribution in [-0.2, 0) is 4.74 Å². The van der Waals surface area contributed by atoms with Gasteiger partial charge in [0, 0.05) is 19.0 Å². The minimum absolute atomic E-state index is 0.803. The lowest BCUT2D eigenvalue weighted by molar-refractivity contribution is -0.0720. The second-order valence-corrected chi connectivity index (χ2v) is 4.27. The molecule has 0 aromatic carbocycles. The zero-order valence-electron chi connectivity index (χ0n) is 8.24. The molecule has 2 aliphatic rings. The van der Waals surface area contributed by atoms with E-state index in [9.17, 15) is 0 Å². The normalized spacial score (nSPS) is 27.5. The molecule has 13 heavy (non-hydrogen) atoms. The lowest BCUT2D eigenvalue weighted by Crippen LogP contribution is -2.43. The highest BCUT2D eigenvalue weighted by Crippen LogP contribution is 2.29. The Kier molecular flexibility index (Phi) is 3.19. The van der Waals surface area contributed by atoms with Gasteiger partial charge in [0.1, 0.15) is 0 Å². The van der Waals surface area contributed by atoms with E-state index in [1.165, 1.54) is 25.9 Å². The van der Waals surface area contributed by atoms with Crippen LogP contribution < -0.4 is 5.73 Å². The molecule has 0 atom stereocenters. The predicted molar refractivity (Wildman–Crippen MR) is 52.5 cm³/mol. The maximum atomic E-state index is 5.53. The van der Waals surface area contributed by atoms with Gasteiger partial charge in [-0.3, -0.25) is 0 Å². The zero-order valence-corrected chi connectivity index (χ0v) is 8.24. The standard InChI is InChI=1S/C10H20N2O/c11-3-6-12-4-1-9(2-5-12)10-7-13-8-10/h9-10H,1-8,11H2. The van der Waals surface area contributed by atoms with Gasteiger partial charge in [0.25, 0.3) is 0 Å². The first-order valence-electron chi connectivity index (χ1n) is 5.40. The lowest BCUT2D eigenvalue weighted by Gasteiger charge is -2.39. The molecule has 2 saturated heterocycles. The summed E-state index contributed by atoms with van der Waals surface area (Å²) in [4.78, 5) is 2.48. The summed E-state index contributed by atoms with van der Waals surface area (Å²) in [5.74, 6) is 1.81. The Labute approximate surface area is 80.2 Å². The van der Waals surface area contributed by atoms with E-state index >= 15 is 0 Å². The van der Waals surface area contributed by atoms with Gasteiger partial charge in [-0.05, 0) is 31.8 Å². The van der Waals surface area contributed by atoms with Crippen LogP contribution in [0.3, 0.4) is 0 Å². The molecule has 2 aliphatic heterocycles. The quantitative estimate of drug-likeness (QED) is 0.686. The van der Waals surface area contributed by atoms with Gasteiger partial charge in [-0.2, -0.15) is 0 Å². The predicted octanol–water partition coefficient (Wildman–Crippen LogP) is 0.303. The molecule has 0 aromatic heterocycles. The largest absolute Gasteiger partial charge is 0.381 e. The van der Waals surface area contributed by atoms with Crippen LogP contribution in [0.5, 0.6) is 0 Å². The van der Waals surface area contributed by atoms with E-state index in [0.717, 1.165) is 38.1 Å². The Hall–Kier alpha value is -0.120. The molecule has 0 unspecified atom stereocenters. The molecule has 2 rings (SSSR count).